The van der Waals surface area contributed by atoms with E-state index in [0.29, 0.717) is 0 Å². The lowest BCUT2D eigenvalue weighted by molar-refractivity contribution is -0.275. The van der Waals surface area contributed by atoms with Crippen LogP contribution in [0.5, 0.6) is 0 Å². The van der Waals surface area contributed by atoms with Crippen molar-refractivity contribution in [1.82, 2.24) is 10.2 Å². The molecule has 1 fully saturated rings. The Morgan fingerprint density at radius 3 is 2.43 bits per heavy atom. The minimum atomic E-state index is -4.88. The number of hydrogen-bond donors (Lipinski definition) is 2. The van der Waals surface area contributed by atoms with Crippen LogP contribution >= 0.6 is 34.8 Å². The lowest BCUT2D eigenvalue weighted by Crippen LogP contribution is -2.42. The van der Waals surface area contributed by atoms with Gasteiger partial charge in [-0.25, -0.2) is 0 Å². The number of alkyl halides is 3. The van der Waals surface area contributed by atoms with Gasteiger partial charge in [0.15, 0.2) is 0 Å². The number of nitrogens with one attached hydrogen (secondary N) is 1. The minimum Gasteiger partial charge on any atom is -0.395 e. The van der Waals surface area contributed by atoms with Crippen molar-refractivity contribution in [1.29, 1.82) is 0 Å². The summed E-state index contributed by atoms with van der Waals surface area (Å²) in [6, 6.07) is 6.18. The first-order chi connectivity index (χ1) is 17.4. The van der Waals surface area contributed by atoms with Crippen LogP contribution in [0, 0.1) is 0 Å². The van der Waals surface area contributed by atoms with Crippen molar-refractivity contribution in [2.75, 3.05) is 13.2 Å². The highest BCUT2D eigenvalue weighted by Crippen LogP contribution is 2.49. The van der Waals surface area contributed by atoms with Gasteiger partial charge in [-0.1, -0.05) is 46.0 Å². The van der Waals surface area contributed by atoms with Gasteiger partial charge in [-0.3, -0.25) is 19.3 Å². The van der Waals surface area contributed by atoms with Crippen molar-refractivity contribution in [2.24, 2.45) is 5.16 Å². The Morgan fingerprint density at radius 1 is 1.16 bits per heavy atom. The molecule has 2 aliphatic rings. The molecule has 0 aliphatic carbocycles. The largest absolute Gasteiger partial charge is 0.435 e. The number of aliphatic hydroxyl groups is 1. The van der Waals surface area contributed by atoms with Crippen molar-refractivity contribution in [3.05, 3.63) is 68.2 Å². The Hall–Kier alpha value is -2.86. The molecule has 4 rings (SSSR count). The molecule has 3 amide bonds. The van der Waals surface area contributed by atoms with E-state index in [2.05, 4.69) is 10.5 Å². The molecule has 1 unspecified atom stereocenters. The van der Waals surface area contributed by atoms with E-state index in [4.69, 9.17) is 44.7 Å². The molecular weight excluding hydrogens is 562 g/mol. The summed E-state index contributed by atoms with van der Waals surface area (Å²) in [5.74, 6) is -1.97. The number of rotatable bonds is 6. The predicted octanol–water partition coefficient (Wildman–Crippen LogP) is 4.08. The molecule has 196 valence electrons. The zero-order chi connectivity index (χ0) is 27.1. The number of aliphatic hydroxyl groups excluding tert-OH is 1. The molecule has 0 radical (unpaired) electrons. The third-order valence-corrected chi connectivity index (χ3v) is 6.68. The molecule has 0 bridgehead atoms. The van der Waals surface area contributed by atoms with E-state index in [1.165, 1.54) is 24.3 Å². The third kappa shape index (κ3) is 5.13. The summed E-state index contributed by atoms with van der Waals surface area (Å²) in [5, 5.41) is 14.9. The van der Waals surface area contributed by atoms with Gasteiger partial charge in [-0.15, -0.1) is 0 Å². The lowest BCUT2D eigenvalue weighted by atomic mass is 9.86. The van der Waals surface area contributed by atoms with Crippen LogP contribution in [-0.4, -0.2) is 58.8 Å². The molecule has 1 saturated heterocycles. The standard InChI is InChI=1S/C23H17Cl3F3N3O5/c24-13-6-12(7-14(25)8-13)22(23(27,28)29)10-18(31-37-22)11-1-2-15(16(26)5-11)20(35)30-17-9-19(34)32(3-4-33)21(17)36/h1-2,5-8,17,33H,3-4,9-10H2,(H,30,35)/t17-,22?/m1/s1. The Kier molecular flexibility index (Phi) is 7.44. The fraction of sp³-hybridized carbons (Fsp3) is 0.304. The Morgan fingerprint density at radius 2 is 1.84 bits per heavy atom. The fourth-order valence-electron chi connectivity index (χ4n) is 4.09. The molecule has 0 spiro atoms. The van der Waals surface area contributed by atoms with Gasteiger partial charge < -0.3 is 15.3 Å². The fourth-order valence-corrected chi connectivity index (χ4v) is 4.88. The Balaban J connectivity index is 1.54. The van der Waals surface area contributed by atoms with Crippen molar-refractivity contribution in [2.45, 2.75) is 30.7 Å². The molecule has 14 heteroatoms. The quantitative estimate of drug-likeness (QED) is 0.503. The Bertz CT molecular complexity index is 1300. The number of oxime groups is 1. The highest BCUT2D eigenvalue weighted by Gasteiger charge is 2.62. The smallest absolute Gasteiger partial charge is 0.395 e. The van der Waals surface area contributed by atoms with Crippen LogP contribution in [-0.2, 0) is 20.0 Å². The van der Waals surface area contributed by atoms with E-state index in [1.807, 2.05) is 0 Å². The summed E-state index contributed by atoms with van der Waals surface area (Å²) < 4.78 is 42.6. The molecule has 8 nitrogen and oxygen atoms in total. The minimum absolute atomic E-state index is 0.0106. The SMILES string of the molecule is O=C(N[C@@H]1CC(=O)N(CCO)C1=O)c1ccc(C2=NOC(c3cc(Cl)cc(Cl)c3)(C(F)(F)F)C2)cc1Cl. The van der Waals surface area contributed by atoms with Crippen LogP contribution in [0.4, 0.5) is 13.2 Å². The molecule has 0 saturated carbocycles. The van der Waals surface area contributed by atoms with E-state index in [1.54, 1.807) is 0 Å². The number of nitrogens with zero attached hydrogens (tertiary/aromatic N) is 2. The summed E-state index contributed by atoms with van der Waals surface area (Å²) in [6.45, 7) is -0.608. The van der Waals surface area contributed by atoms with Crippen molar-refractivity contribution >= 4 is 58.2 Å². The number of carbonyl (C=O) groups is 3. The Labute approximate surface area is 222 Å². The van der Waals surface area contributed by atoms with Gasteiger partial charge >= 0.3 is 6.18 Å². The van der Waals surface area contributed by atoms with Crippen molar-refractivity contribution < 1.29 is 37.5 Å². The summed E-state index contributed by atoms with van der Waals surface area (Å²) in [5.41, 5.74) is -3.16. The zero-order valence-corrected chi connectivity index (χ0v) is 20.9. The summed E-state index contributed by atoms with van der Waals surface area (Å²) in [4.78, 5) is 42.7. The van der Waals surface area contributed by atoms with Gasteiger partial charge in [0.2, 0.25) is 5.91 Å². The van der Waals surface area contributed by atoms with Crippen LogP contribution < -0.4 is 5.32 Å². The molecule has 2 N–H and O–H groups in total. The number of hydrogen-bond acceptors (Lipinski definition) is 6. The van der Waals surface area contributed by atoms with Crippen LogP contribution in [0.15, 0.2) is 41.6 Å². The maximum absolute atomic E-state index is 14.2. The second-order valence-corrected chi connectivity index (χ2v) is 9.60. The molecule has 2 aromatic rings. The molecule has 2 aliphatic heterocycles. The maximum atomic E-state index is 14.2. The zero-order valence-electron chi connectivity index (χ0n) is 18.6. The van der Waals surface area contributed by atoms with Crippen LogP contribution in [0.1, 0.15) is 34.3 Å². The van der Waals surface area contributed by atoms with E-state index < -0.39 is 48.6 Å². The van der Waals surface area contributed by atoms with Gasteiger partial charge in [0, 0.05) is 27.6 Å². The van der Waals surface area contributed by atoms with Gasteiger partial charge in [0.1, 0.15) is 6.04 Å². The third-order valence-electron chi connectivity index (χ3n) is 5.93. The second kappa shape index (κ2) is 10.1. The van der Waals surface area contributed by atoms with Gasteiger partial charge in [0.05, 0.1) is 35.9 Å². The summed E-state index contributed by atoms with van der Waals surface area (Å²) >= 11 is 18.1. The summed E-state index contributed by atoms with van der Waals surface area (Å²) in [6.07, 6.45) is -5.87. The number of carbonyl (C=O) groups excluding carboxylic acids is 3. The molecule has 2 aromatic carbocycles. The number of amides is 3. The monoisotopic (exact) mass is 577 g/mol. The molecule has 0 aromatic heterocycles. The average Bonchev–Trinajstić information content (AvgIpc) is 3.37. The van der Waals surface area contributed by atoms with Gasteiger partial charge in [0.25, 0.3) is 17.4 Å². The number of likely N-dealkylation sites (tertiary alicyclic amines) is 1. The number of benzene rings is 2. The van der Waals surface area contributed by atoms with E-state index in [-0.39, 0.29) is 50.4 Å². The first-order valence-electron chi connectivity index (χ1n) is 10.7. The van der Waals surface area contributed by atoms with Crippen molar-refractivity contribution in [3.8, 4) is 0 Å². The molecule has 2 heterocycles. The van der Waals surface area contributed by atoms with Crippen molar-refractivity contribution in [3.63, 3.8) is 0 Å². The first-order valence-corrected chi connectivity index (χ1v) is 11.8. The van der Waals surface area contributed by atoms with Crippen LogP contribution in [0.25, 0.3) is 0 Å². The maximum Gasteiger partial charge on any atom is 0.435 e. The molecule has 2 atom stereocenters. The predicted molar refractivity (Wildman–Crippen MR) is 128 cm³/mol. The van der Waals surface area contributed by atoms with Crippen LogP contribution in [0.3, 0.4) is 0 Å². The number of imide groups is 1. The number of β-amino-alcohol motifs (C(OH)–C–C–N with tert-alkyl or cyclic N) is 1. The lowest BCUT2D eigenvalue weighted by Gasteiger charge is -2.29. The molecule has 37 heavy (non-hydrogen) atoms. The van der Waals surface area contributed by atoms with Gasteiger partial charge in [-0.05, 0) is 30.3 Å². The topological polar surface area (TPSA) is 108 Å². The average molecular weight is 579 g/mol. The highest BCUT2D eigenvalue weighted by atomic mass is 35.5. The normalized spacial score (nSPS) is 21.8. The summed E-state index contributed by atoms with van der Waals surface area (Å²) in [7, 11) is 0. The van der Waals surface area contributed by atoms with Crippen LogP contribution in [0.2, 0.25) is 15.1 Å². The molecular formula is C23H17Cl3F3N3O5. The van der Waals surface area contributed by atoms with E-state index in [0.717, 1.165) is 17.0 Å². The van der Waals surface area contributed by atoms with Gasteiger partial charge in [-0.2, -0.15) is 13.2 Å². The highest BCUT2D eigenvalue weighted by molar-refractivity contribution is 6.35. The number of halogens is 6. The first kappa shape index (κ1) is 27.2. The second-order valence-electron chi connectivity index (χ2n) is 8.32. The van der Waals surface area contributed by atoms with E-state index >= 15 is 0 Å². The van der Waals surface area contributed by atoms with E-state index in [9.17, 15) is 27.6 Å².